The molecule has 1 rings (SSSR count). The van der Waals surface area contributed by atoms with E-state index in [2.05, 4.69) is 29.4 Å². The third-order valence-corrected chi connectivity index (χ3v) is 2.75. The number of amides is 1. The molecule has 5 nitrogen and oxygen atoms in total. The first-order valence-electron chi connectivity index (χ1n) is 5.71. The minimum Gasteiger partial charge on any atom is -0.308 e. The average Bonchev–Trinajstić information content (AvgIpc) is 2.28. The first-order valence-corrected chi connectivity index (χ1v) is 5.71. The monoisotopic (exact) mass is 236 g/mol. The molecular weight excluding hydrogens is 216 g/mol. The van der Waals surface area contributed by atoms with Crippen molar-refractivity contribution in [1.29, 1.82) is 0 Å². The van der Waals surface area contributed by atoms with E-state index < -0.39 is 0 Å². The van der Waals surface area contributed by atoms with Crippen LogP contribution in [0.25, 0.3) is 0 Å². The number of hydrogen-bond donors (Lipinski definition) is 1. The zero-order valence-corrected chi connectivity index (χ0v) is 11.1. The number of carbonyl (C=O) groups excluding carboxylic acids is 1. The fourth-order valence-corrected chi connectivity index (χ4v) is 1.22. The van der Waals surface area contributed by atoms with E-state index in [1.165, 1.54) is 0 Å². The number of likely N-dealkylation sites (N-methyl/N-ethyl adjacent to an activating group) is 1. The molecule has 0 bridgehead atoms. The molecule has 0 aliphatic rings. The van der Waals surface area contributed by atoms with Crippen LogP contribution in [0.5, 0.6) is 0 Å². The van der Waals surface area contributed by atoms with E-state index in [1.807, 2.05) is 32.0 Å². The molecule has 1 N–H and O–H groups in total. The van der Waals surface area contributed by atoms with Crippen molar-refractivity contribution in [3.63, 3.8) is 0 Å². The second-order valence-corrected chi connectivity index (χ2v) is 4.66. The SMILES string of the molecule is CC(C)c1cnnc(NC(=O)C(C)N(C)C)c1. The second-order valence-electron chi connectivity index (χ2n) is 4.66. The molecule has 94 valence electrons. The number of nitrogens with one attached hydrogen (secondary N) is 1. The van der Waals surface area contributed by atoms with Gasteiger partial charge in [0.05, 0.1) is 12.2 Å². The summed E-state index contributed by atoms with van der Waals surface area (Å²) in [6.45, 7) is 5.99. The second kappa shape index (κ2) is 5.72. The van der Waals surface area contributed by atoms with Gasteiger partial charge in [0.25, 0.3) is 0 Å². The van der Waals surface area contributed by atoms with Crippen molar-refractivity contribution in [2.75, 3.05) is 19.4 Å². The van der Waals surface area contributed by atoms with E-state index in [-0.39, 0.29) is 11.9 Å². The van der Waals surface area contributed by atoms with E-state index in [9.17, 15) is 4.79 Å². The van der Waals surface area contributed by atoms with Crippen LogP contribution in [-0.4, -0.2) is 41.1 Å². The molecule has 1 heterocycles. The van der Waals surface area contributed by atoms with Crippen molar-refractivity contribution in [2.45, 2.75) is 32.7 Å². The summed E-state index contributed by atoms with van der Waals surface area (Å²) in [4.78, 5) is 13.7. The normalized spacial score (nSPS) is 12.9. The van der Waals surface area contributed by atoms with Gasteiger partial charge in [-0.3, -0.25) is 9.69 Å². The summed E-state index contributed by atoms with van der Waals surface area (Å²) in [5.41, 5.74) is 1.06. The molecule has 0 radical (unpaired) electrons. The molecule has 1 atom stereocenters. The lowest BCUT2D eigenvalue weighted by Crippen LogP contribution is -2.37. The zero-order valence-electron chi connectivity index (χ0n) is 11.1. The predicted octanol–water partition coefficient (Wildman–Crippen LogP) is 1.49. The van der Waals surface area contributed by atoms with Gasteiger partial charge in [0, 0.05) is 0 Å². The topological polar surface area (TPSA) is 58.1 Å². The largest absolute Gasteiger partial charge is 0.308 e. The fourth-order valence-electron chi connectivity index (χ4n) is 1.22. The van der Waals surface area contributed by atoms with Gasteiger partial charge in [0.1, 0.15) is 0 Å². The first-order chi connectivity index (χ1) is 7.91. The van der Waals surface area contributed by atoms with Crippen LogP contribution in [-0.2, 0) is 4.79 Å². The molecule has 0 saturated carbocycles. The molecule has 1 aromatic rings. The van der Waals surface area contributed by atoms with Crippen molar-refractivity contribution in [2.24, 2.45) is 0 Å². The van der Waals surface area contributed by atoms with Gasteiger partial charge in [0.2, 0.25) is 5.91 Å². The Hall–Kier alpha value is -1.49. The average molecular weight is 236 g/mol. The van der Waals surface area contributed by atoms with Crippen molar-refractivity contribution in [3.8, 4) is 0 Å². The highest BCUT2D eigenvalue weighted by Gasteiger charge is 2.15. The van der Waals surface area contributed by atoms with Crippen LogP contribution in [0.1, 0.15) is 32.3 Å². The number of carbonyl (C=O) groups is 1. The standard InChI is InChI=1S/C12H20N4O/c1-8(2)10-6-11(15-13-7-10)14-12(17)9(3)16(4)5/h6-9H,1-5H3,(H,14,15,17). The Morgan fingerprint density at radius 2 is 2.00 bits per heavy atom. The van der Waals surface area contributed by atoms with E-state index in [1.54, 1.807) is 6.20 Å². The molecule has 0 spiro atoms. The lowest BCUT2D eigenvalue weighted by atomic mass is 10.1. The molecule has 17 heavy (non-hydrogen) atoms. The van der Waals surface area contributed by atoms with Gasteiger partial charge in [-0.15, -0.1) is 5.10 Å². The van der Waals surface area contributed by atoms with Crippen molar-refractivity contribution >= 4 is 11.7 Å². The summed E-state index contributed by atoms with van der Waals surface area (Å²) in [7, 11) is 3.72. The van der Waals surface area contributed by atoms with Gasteiger partial charge in [0.15, 0.2) is 5.82 Å². The van der Waals surface area contributed by atoms with E-state index >= 15 is 0 Å². The smallest absolute Gasteiger partial charge is 0.242 e. The number of nitrogens with zero attached hydrogens (tertiary/aromatic N) is 3. The quantitative estimate of drug-likeness (QED) is 0.860. The highest BCUT2D eigenvalue weighted by Crippen LogP contribution is 2.15. The van der Waals surface area contributed by atoms with Crippen LogP contribution < -0.4 is 5.32 Å². The molecule has 1 unspecified atom stereocenters. The van der Waals surface area contributed by atoms with E-state index in [0.29, 0.717) is 11.7 Å². The summed E-state index contributed by atoms with van der Waals surface area (Å²) in [5, 5.41) is 10.6. The van der Waals surface area contributed by atoms with Crippen LogP contribution in [0.2, 0.25) is 0 Å². The summed E-state index contributed by atoms with van der Waals surface area (Å²) in [5.74, 6) is 0.799. The zero-order chi connectivity index (χ0) is 13.0. The summed E-state index contributed by atoms with van der Waals surface area (Å²) >= 11 is 0. The molecule has 1 aromatic heterocycles. The minimum atomic E-state index is -0.195. The fraction of sp³-hybridized carbons (Fsp3) is 0.583. The van der Waals surface area contributed by atoms with Gasteiger partial charge >= 0.3 is 0 Å². The summed E-state index contributed by atoms with van der Waals surface area (Å²) in [6, 6.07) is 1.66. The Morgan fingerprint density at radius 3 is 2.53 bits per heavy atom. The molecule has 0 aliphatic carbocycles. The highest BCUT2D eigenvalue weighted by molar-refractivity contribution is 5.93. The van der Waals surface area contributed by atoms with Crippen LogP contribution in [0.3, 0.4) is 0 Å². The van der Waals surface area contributed by atoms with Crippen molar-refractivity contribution in [3.05, 3.63) is 17.8 Å². The lowest BCUT2D eigenvalue weighted by molar-refractivity contribution is -0.119. The van der Waals surface area contributed by atoms with Gasteiger partial charge < -0.3 is 5.32 Å². The van der Waals surface area contributed by atoms with Crippen molar-refractivity contribution in [1.82, 2.24) is 15.1 Å². The maximum Gasteiger partial charge on any atom is 0.242 e. The Balaban J connectivity index is 2.75. The first kappa shape index (κ1) is 13.6. The van der Waals surface area contributed by atoms with Crippen molar-refractivity contribution < 1.29 is 4.79 Å². The molecule has 1 amide bonds. The van der Waals surface area contributed by atoms with Crippen LogP contribution in [0, 0.1) is 0 Å². The molecular formula is C12H20N4O. The Bertz CT molecular complexity index is 390. The number of rotatable bonds is 4. The third-order valence-electron chi connectivity index (χ3n) is 2.75. The third kappa shape index (κ3) is 3.78. The lowest BCUT2D eigenvalue weighted by Gasteiger charge is -2.18. The van der Waals surface area contributed by atoms with Crippen LogP contribution >= 0.6 is 0 Å². The molecule has 0 aromatic carbocycles. The molecule has 5 heteroatoms. The predicted molar refractivity (Wildman–Crippen MR) is 67.9 cm³/mol. The van der Waals surface area contributed by atoms with E-state index in [0.717, 1.165) is 5.56 Å². The maximum atomic E-state index is 11.8. The Morgan fingerprint density at radius 1 is 1.35 bits per heavy atom. The van der Waals surface area contributed by atoms with Gasteiger partial charge in [-0.1, -0.05) is 13.8 Å². The Kier molecular flexibility index (Phi) is 4.57. The number of aromatic nitrogens is 2. The maximum absolute atomic E-state index is 11.8. The number of hydrogen-bond acceptors (Lipinski definition) is 4. The molecule has 0 fully saturated rings. The minimum absolute atomic E-state index is 0.0785. The van der Waals surface area contributed by atoms with Crippen LogP contribution in [0.15, 0.2) is 12.3 Å². The van der Waals surface area contributed by atoms with Gasteiger partial charge in [-0.25, -0.2) is 0 Å². The Labute approximate surface area is 102 Å². The summed E-state index contributed by atoms with van der Waals surface area (Å²) in [6.07, 6.45) is 1.72. The molecule has 0 saturated heterocycles. The summed E-state index contributed by atoms with van der Waals surface area (Å²) < 4.78 is 0. The van der Waals surface area contributed by atoms with Gasteiger partial charge in [-0.05, 0) is 38.6 Å². The highest BCUT2D eigenvalue weighted by atomic mass is 16.2. The van der Waals surface area contributed by atoms with Crippen LogP contribution in [0.4, 0.5) is 5.82 Å². The number of anilines is 1. The molecule has 0 aliphatic heterocycles. The van der Waals surface area contributed by atoms with Gasteiger partial charge in [-0.2, -0.15) is 5.10 Å². The van der Waals surface area contributed by atoms with E-state index in [4.69, 9.17) is 0 Å².